The predicted octanol–water partition coefficient (Wildman–Crippen LogP) is 2.72. The molecule has 4 heteroatoms. The Balaban J connectivity index is 1.77. The van der Waals surface area contributed by atoms with Crippen LogP contribution in [0.5, 0.6) is 5.75 Å². The van der Waals surface area contributed by atoms with Crippen LogP contribution in [0.25, 0.3) is 11.1 Å². The molecule has 1 saturated heterocycles. The highest BCUT2D eigenvalue weighted by Gasteiger charge is 2.17. The second-order valence-electron chi connectivity index (χ2n) is 6.08. The molecule has 0 aliphatic carbocycles. The lowest BCUT2D eigenvalue weighted by molar-refractivity contribution is 0.217. The Labute approximate surface area is 137 Å². The average Bonchev–Trinajstić information content (AvgIpc) is 2.53. The third kappa shape index (κ3) is 4.09. The van der Waals surface area contributed by atoms with Gasteiger partial charge in [-0.3, -0.25) is 4.98 Å². The highest BCUT2D eigenvalue weighted by molar-refractivity contribution is 5.67. The zero-order valence-electron chi connectivity index (χ0n) is 13.6. The molecule has 4 nitrogen and oxygen atoms in total. The van der Waals surface area contributed by atoms with Gasteiger partial charge in [0.05, 0.1) is 6.20 Å². The number of rotatable bonds is 7. The largest absolute Gasteiger partial charge is 0.490 e. The summed E-state index contributed by atoms with van der Waals surface area (Å²) in [5.74, 6) is 0.820. The van der Waals surface area contributed by atoms with Crippen molar-refractivity contribution in [1.29, 1.82) is 0 Å². The number of ether oxygens (including phenoxy) is 1. The Kier molecular flexibility index (Phi) is 5.26. The fourth-order valence-electron chi connectivity index (χ4n) is 2.75. The smallest absolute Gasteiger partial charge is 0.138 e. The number of nitrogens with one attached hydrogen (secondary N) is 1. The quantitative estimate of drug-likeness (QED) is 0.825. The van der Waals surface area contributed by atoms with Crippen molar-refractivity contribution in [3.63, 3.8) is 0 Å². The molecule has 23 heavy (non-hydrogen) atoms. The van der Waals surface area contributed by atoms with Crippen molar-refractivity contribution in [3.05, 3.63) is 47.8 Å². The molecule has 2 N–H and O–H groups in total. The van der Waals surface area contributed by atoms with Gasteiger partial charge in [-0.15, -0.1) is 0 Å². The summed E-state index contributed by atoms with van der Waals surface area (Å²) in [5, 5.41) is 12.3. The van der Waals surface area contributed by atoms with Gasteiger partial charge in [-0.25, -0.2) is 0 Å². The Morgan fingerprint density at radius 2 is 2.22 bits per heavy atom. The normalized spacial score (nSPS) is 16.9. The van der Waals surface area contributed by atoms with E-state index in [-0.39, 0.29) is 6.61 Å². The van der Waals surface area contributed by atoms with Gasteiger partial charge in [0.25, 0.3) is 0 Å². The number of benzene rings is 1. The topological polar surface area (TPSA) is 54.4 Å². The summed E-state index contributed by atoms with van der Waals surface area (Å²) in [6, 6.07) is 11.0. The summed E-state index contributed by atoms with van der Waals surface area (Å²) >= 11 is 0. The molecule has 0 radical (unpaired) electrons. The minimum Gasteiger partial charge on any atom is -0.490 e. The number of aryl methyl sites for hydroxylation is 2. The first-order chi connectivity index (χ1) is 11.3. The van der Waals surface area contributed by atoms with Gasteiger partial charge in [0.15, 0.2) is 0 Å². The summed E-state index contributed by atoms with van der Waals surface area (Å²) < 4.78 is 5.86. The third-order valence-electron chi connectivity index (χ3n) is 4.30. The van der Waals surface area contributed by atoms with E-state index < -0.39 is 0 Å². The van der Waals surface area contributed by atoms with E-state index in [0.717, 1.165) is 42.0 Å². The molecule has 0 saturated carbocycles. The van der Waals surface area contributed by atoms with E-state index in [1.165, 1.54) is 12.0 Å². The maximum atomic E-state index is 8.99. The van der Waals surface area contributed by atoms with Crippen molar-refractivity contribution in [2.45, 2.75) is 32.2 Å². The lowest BCUT2D eigenvalue weighted by Gasteiger charge is -2.27. The lowest BCUT2D eigenvalue weighted by atomic mass is 10.00. The first-order valence-electron chi connectivity index (χ1n) is 8.29. The van der Waals surface area contributed by atoms with Crippen molar-refractivity contribution >= 4 is 0 Å². The Morgan fingerprint density at radius 1 is 1.35 bits per heavy atom. The van der Waals surface area contributed by atoms with Crippen LogP contribution in [0.2, 0.25) is 0 Å². The van der Waals surface area contributed by atoms with E-state index in [2.05, 4.69) is 40.6 Å². The zero-order chi connectivity index (χ0) is 16.1. The van der Waals surface area contributed by atoms with Crippen LogP contribution >= 0.6 is 0 Å². The monoisotopic (exact) mass is 312 g/mol. The summed E-state index contributed by atoms with van der Waals surface area (Å²) in [7, 11) is 0. The number of aromatic nitrogens is 1. The SMILES string of the molecule is Cc1ncc(OCC2CCN2)cc1-c1cccc(CCCO)c1. The predicted molar refractivity (Wildman–Crippen MR) is 91.7 cm³/mol. The molecule has 122 valence electrons. The molecule has 2 heterocycles. The molecule has 0 amide bonds. The number of nitrogens with zero attached hydrogens (tertiary/aromatic N) is 1. The van der Waals surface area contributed by atoms with Crippen molar-refractivity contribution in [2.75, 3.05) is 19.8 Å². The Bertz CT molecular complexity index is 654. The van der Waals surface area contributed by atoms with E-state index in [9.17, 15) is 0 Å². The average molecular weight is 312 g/mol. The molecule has 1 unspecified atom stereocenters. The number of aliphatic hydroxyl groups excluding tert-OH is 1. The molecule has 1 atom stereocenters. The maximum absolute atomic E-state index is 8.99. The van der Waals surface area contributed by atoms with Crippen LogP contribution < -0.4 is 10.1 Å². The number of aliphatic hydroxyl groups is 1. The van der Waals surface area contributed by atoms with Crippen LogP contribution in [-0.4, -0.2) is 35.9 Å². The van der Waals surface area contributed by atoms with E-state index in [0.29, 0.717) is 12.6 Å². The van der Waals surface area contributed by atoms with Gasteiger partial charge >= 0.3 is 0 Å². The van der Waals surface area contributed by atoms with E-state index in [1.54, 1.807) is 6.20 Å². The highest BCUT2D eigenvalue weighted by atomic mass is 16.5. The second kappa shape index (κ2) is 7.57. The van der Waals surface area contributed by atoms with Gasteiger partial charge in [-0.05, 0) is 49.9 Å². The van der Waals surface area contributed by atoms with Crippen molar-refractivity contribution < 1.29 is 9.84 Å². The fraction of sp³-hybridized carbons (Fsp3) is 0.421. The van der Waals surface area contributed by atoms with E-state index in [1.807, 2.05) is 6.92 Å². The standard InChI is InChI=1S/C19H24N2O2/c1-14-19(16-6-2-4-15(10-16)5-3-9-22)11-18(12-21-14)23-13-17-7-8-20-17/h2,4,6,10-12,17,20,22H,3,5,7-9,13H2,1H3. The van der Waals surface area contributed by atoms with Crippen molar-refractivity contribution in [3.8, 4) is 16.9 Å². The maximum Gasteiger partial charge on any atom is 0.138 e. The molecule has 1 fully saturated rings. The molecular weight excluding hydrogens is 288 g/mol. The molecule has 1 aromatic heterocycles. The molecular formula is C19H24N2O2. The number of hydrogen-bond acceptors (Lipinski definition) is 4. The number of hydrogen-bond donors (Lipinski definition) is 2. The van der Waals surface area contributed by atoms with Crippen LogP contribution in [0, 0.1) is 6.92 Å². The fourth-order valence-corrected chi connectivity index (χ4v) is 2.75. The van der Waals surface area contributed by atoms with Gasteiger partial charge in [0.1, 0.15) is 12.4 Å². The van der Waals surface area contributed by atoms with Crippen LogP contribution in [0.15, 0.2) is 36.5 Å². The van der Waals surface area contributed by atoms with Crippen LogP contribution in [0.1, 0.15) is 24.1 Å². The molecule has 3 rings (SSSR count). The van der Waals surface area contributed by atoms with Crippen LogP contribution in [0.3, 0.4) is 0 Å². The first kappa shape index (κ1) is 16.0. The molecule has 0 spiro atoms. The number of pyridine rings is 1. The van der Waals surface area contributed by atoms with Crippen molar-refractivity contribution in [1.82, 2.24) is 10.3 Å². The van der Waals surface area contributed by atoms with E-state index >= 15 is 0 Å². The first-order valence-corrected chi connectivity index (χ1v) is 8.29. The van der Waals surface area contributed by atoms with E-state index in [4.69, 9.17) is 9.84 Å². The van der Waals surface area contributed by atoms with Crippen LogP contribution in [-0.2, 0) is 6.42 Å². The minimum absolute atomic E-state index is 0.226. The van der Waals surface area contributed by atoms with Gasteiger partial charge < -0.3 is 15.2 Å². The second-order valence-corrected chi connectivity index (χ2v) is 6.08. The lowest BCUT2D eigenvalue weighted by Crippen LogP contribution is -2.46. The zero-order valence-corrected chi connectivity index (χ0v) is 13.6. The van der Waals surface area contributed by atoms with Gasteiger partial charge in [0.2, 0.25) is 0 Å². The minimum atomic E-state index is 0.226. The summed E-state index contributed by atoms with van der Waals surface area (Å²) in [6.07, 6.45) is 4.66. The Hall–Kier alpha value is -1.91. The Morgan fingerprint density at radius 3 is 2.96 bits per heavy atom. The molecule has 0 bridgehead atoms. The van der Waals surface area contributed by atoms with Gasteiger partial charge in [-0.1, -0.05) is 24.3 Å². The van der Waals surface area contributed by atoms with Gasteiger partial charge in [0, 0.05) is 23.9 Å². The van der Waals surface area contributed by atoms with Gasteiger partial charge in [-0.2, -0.15) is 0 Å². The summed E-state index contributed by atoms with van der Waals surface area (Å²) in [5.41, 5.74) is 4.49. The third-order valence-corrected chi connectivity index (χ3v) is 4.30. The molecule has 1 aliphatic heterocycles. The highest BCUT2D eigenvalue weighted by Crippen LogP contribution is 2.27. The molecule has 2 aromatic rings. The molecule has 1 aliphatic rings. The molecule has 1 aromatic carbocycles. The summed E-state index contributed by atoms with van der Waals surface area (Å²) in [4.78, 5) is 4.48. The van der Waals surface area contributed by atoms with Crippen molar-refractivity contribution in [2.24, 2.45) is 0 Å². The summed E-state index contributed by atoms with van der Waals surface area (Å²) in [6.45, 7) is 4.03. The van der Waals surface area contributed by atoms with Crippen LogP contribution in [0.4, 0.5) is 0 Å².